The van der Waals surface area contributed by atoms with Crippen molar-refractivity contribution in [3.63, 3.8) is 0 Å². The number of anilines is 1. The normalized spacial score (nSPS) is 10.8. The summed E-state index contributed by atoms with van der Waals surface area (Å²) < 4.78 is 5.52. The molecule has 1 aromatic carbocycles. The molecule has 0 radical (unpaired) electrons. The molecular weight excluding hydrogens is 310 g/mol. The van der Waals surface area contributed by atoms with E-state index in [0.717, 1.165) is 24.3 Å². The van der Waals surface area contributed by atoms with Crippen LogP contribution in [0.1, 0.15) is 50.1 Å². The third-order valence-electron chi connectivity index (χ3n) is 3.70. The second-order valence-electron chi connectivity index (χ2n) is 5.30. The molecule has 1 amide bonds. The van der Waals surface area contributed by atoms with Crippen LogP contribution in [0, 0.1) is 0 Å². The largest absolute Gasteiger partial charge is 0.484 e. The lowest BCUT2D eigenvalue weighted by Crippen LogP contribution is -2.20. The highest BCUT2D eigenvalue weighted by Crippen LogP contribution is 2.27. The van der Waals surface area contributed by atoms with Crippen molar-refractivity contribution in [2.75, 3.05) is 11.9 Å². The lowest BCUT2D eigenvalue weighted by Gasteiger charge is -2.07. The van der Waals surface area contributed by atoms with E-state index in [0.29, 0.717) is 16.8 Å². The predicted octanol–water partition coefficient (Wildman–Crippen LogP) is 4.02. The van der Waals surface area contributed by atoms with Gasteiger partial charge >= 0.3 is 0 Å². The number of aromatic nitrogens is 2. The van der Waals surface area contributed by atoms with E-state index in [1.54, 1.807) is 0 Å². The monoisotopic (exact) mass is 333 g/mol. The zero-order chi connectivity index (χ0) is 16.7. The lowest BCUT2D eigenvalue weighted by molar-refractivity contribution is -0.118. The van der Waals surface area contributed by atoms with Gasteiger partial charge in [0, 0.05) is 5.92 Å². The molecule has 0 aliphatic heterocycles. The Balaban J connectivity index is 1.87. The second kappa shape index (κ2) is 8.62. The number of hydrogen-bond acceptors (Lipinski definition) is 5. The standard InChI is InChI=1S/C17H23N3O2S/c1-4-12-8-7-9-14(10-12)22-11-15(21)18-17-20-19-16(23-17)13(5-2)6-3/h7-10,13H,4-6,11H2,1-3H3,(H,18,20,21). The molecule has 1 N–H and O–H groups in total. The first-order valence-corrected chi connectivity index (χ1v) is 8.82. The molecular formula is C17H23N3O2S. The van der Waals surface area contributed by atoms with Crippen molar-refractivity contribution in [2.45, 2.75) is 46.0 Å². The van der Waals surface area contributed by atoms with Gasteiger partial charge in [0.2, 0.25) is 5.13 Å². The molecule has 0 aliphatic rings. The van der Waals surface area contributed by atoms with E-state index >= 15 is 0 Å². The third kappa shape index (κ3) is 5.03. The van der Waals surface area contributed by atoms with Gasteiger partial charge in [0.15, 0.2) is 6.61 Å². The molecule has 2 aromatic rings. The van der Waals surface area contributed by atoms with E-state index in [2.05, 4.69) is 36.3 Å². The lowest BCUT2D eigenvalue weighted by atomic mass is 10.1. The number of nitrogens with zero attached hydrogens (tertiary/aromatic N) is 2. The molecule has 0 saturated heterocycles. The van der Waals surface area contributed by atoms with Gasteiger partial charge in [-0.3, -0.25) is 10.1 Å². The zero-order valence-corrected chi connectivity index (χ0v) is 14.7. The van der Waals surface area contributed by atoms with Gasteiger partial charge in [0.25, 0.3) is 5.91 Å². The Morgan fingerprint density at radius 1 is 1.26 bits per heavy atom. The Hall–Kier alpha value is -1.95. The number of ether oxygens (including phenoxy) is 1. The van der Waals surface area contributed by atoms with E-state index < -0.39 is 0 Å². The van der Waals surface area contributed by atoms with Crippen molar-refractivity contribution in [3.8, 4) is 5.75 Å². The molecule has 1 heterocycles. The van der Waals surface area contributed by atoms with E-state index in [1.165, 1.54) is 16.9 Å². The van der Waals surface area contributed by atoms with Gasteiger partial charge in [0.05, 0.1) is 0 Å². The van der Waals surface area contributed by atoms with Gasteiger partial charge in [-0.15, -0.1) is 10.2 Å². The average molecular weight is 333 g/mol. The molecule has 0 saturated carbocycles. The minimum atomic E-state index is -0.223. The van der Waals surface area contributed by atoms with Gasteiger partial charge in [-0.1, -0.05) is 44.2 Å². The average Bonchev–Trinajstić information content (AvgIpc) is 3.02. The van der Waals surface area contributed by atoms with Crippen molar-refractivity contribution in [1.29, 1.82) is 0 Å². The molecule has 0 atom stereocenters. The zero-order valence-electron chi connectivity index (χ0n) is 13.8. The maximum Gasteiger partial charge on any atom is 0.264 e. The molecule has 0 spiro atoms. The topological polar surface area (TPSA) is 64.1 Å². The molecule has 0 fully saturated rings. The maximum atomic E-state index is 12.0. The van der Waals surface area contributed by atoms with Gasteiger partial charge in [-0.25, -0.2) is 0 Å². The summed E-state index contributed by atoms with van der Waals surface area (Å²) in [5.41, 5.74) is 1.18. The minimum absolute atomic E-state index is 0.0347. The van der Waals surface area contributed by atoms with Gasteiger partial charge in [-0.05, 0) is 37.0 Å². The Labute approximate surface area is 141 Å². The van der Waals surface area contributed by atoms with E-state index in [4.69, 9.17) is 4.74 Å². The van der Waals surface area contributed by atoms with Gasteiger partial charge < -0.3 is 4.74 Å². The fourth-order valence-electron chi connectivity index (χ4n) is 2.25. The third-order valence-corrected chi connectivity index (χ3v) is 4.70. The summed E-state index contributed by atoms with van der Waals surface area (Å²) in [4.78, 5) is 12.0. The highest BCUT2D eigenvalue weighted by Gasteiger charge is 2.14. The molecule has 6 heteroatoms. The Morgan fingerprint density at radius 3 is 2.74 bits per heavy atom. The SMILES string of the molecule is CCc1cccc(OCC(=O)Nc2nnc(C(CC)CC)s2)c1. The summed E-state index contributed by atoms with van der Waals surface area (Å²) in [6, 6.07) is 7.76. The number of rotatable bonds is 8. The number of nitrogens with one attached hydrogen (secondary N) is 1. The number of hydrogen-bond donors (Lipinski definition) is 1. The fraction of sp³-hybridized carbons (Fsp3) is 0.471. The molecule has 2 rings (SSSR count). The van der Waals surface area contributed by atoms with Crippen molar-refractivity contribution >= 4 is 22.4 Å². The van der Waals surface area contributed by atoms with E-state index in [1.807, 2.05) is 24.3 Å². The van der Waals surface area contributed by atoms with Crippen LogP contribution in [0.3, 0.4) is 0 Å². The summed E-state index contributed by atoms with van der Waals surface area (Å²) >= 11 is 1.44. The van der Waals surface area contributed by atoms with Crippen LogP contribution < -0.4 is 10.1 Å². The Kier molecular flexibility index (Phi) is 6.52. The van der Waals surface area contributed by atoms with E-state index in [-0.39, 0.29) is 12.5 Å². The fourth-order valence-corrected chi connectivity index (χ4v) is 3.27. The molecule has 124 valence electrons. The summed E-state index contributed by atoms with van der Waals surface area (Å²) in [6.45, 7) is 6.31. The highest BCUT2D eigenvalue weighted by atomic mass is 32.1. The van der Waals surface area contributed by atoms with Crippen molar-refractivity contribution in [2.24, 2.45) is 0 Å². The smallest absolute Gasteiger partial charge is 0.264 e. The molecule has 0 bridgehead atoms. The predicted molar refractivity (Wildman–Crippen MR) is 93.2 cm³/mol. The number of carbonyl (C=O) groups excluding carboxylic acids is 1. The Bertz CT molecular complexity index is 638. The molecule has 5 nitrogen and oxygen atoms in total. The minimum Gasteiger partial charge on any atom is -0.484 e. The van der Waals surface area contributed by atoms with Gasteiger partial charge in [-0.2, -0.15) is 0 Å². The second-order valence-corrected chi connectivity index (χ2v) is 6.31. The van der Waals surface area contributed by atoms with Crippen LogP contribution in [-0.4, -0.2) is 22.7 Å². The summed E-state index contributed by atoms with van der Waals surface area (Å²) in [7, 11) is 0. The number of carbonyl (C=O) groups is 1. The van der Waals surface area contributed by atoms with Crippen LogP contribution >= 0.6 is 11.3 Å². The molecule has 23 heavy (non-hydrogen) atoms. The first-order valence-electron chi connectivity index (χ1n) is 8.01. The first kappa shape index (κ1) is 17.4. The van der Waals surface area contributed by atoms with Crippen LogP contribution in [-0.2, 0) is 11.2 Å². The van der Waals surface area contributed by atoms with Crippen molar-refractivity contribution < 1.29 is 9.53 Å². The number of benzene rings is 1. The van der Waals surface area contributed by atoms with Crippen LogP contribution in [0.2, 0.25) is 0 Å². The van der Waals surface area contributed by atoms with Crippen LogP contribution in [0.25, 0.3) is 0 Å². The highest BCUT2D eigenvalue weighted by molar-refractivity contribution is 7.15. The van der Waals surface area contributed by atoms with Gasteiger partial charge in [0.1, 0.15) is 10.8 Å². The number of amides is 1. The van der Waals surface area contributed by atoms with Crippen LogP contribution in [0.15, 0.2) is 24.3 Å². The summed E-state index contributed by atoms with van der Waals surface area (Å²) in [6.07, 6.45) is 2.99. The van der Waals surface area contributed by atoms with Crippen LogP contribution in [0.5, 0.6) is 5.75 Å². The van der Waals surface area contributed by atoms with Crippen molar-refractivity contribution in [3.05, 3.63) is 34.8 Å². The quantitative estimate of drug-likeness (QED) is 0.792. The van der Waals surface area contributed by atoms with Crippen molar-refractivity contribution in [1.82, 2.24) is 10.2 Å². The molecule has 0 unspecified atom stereocenters. The molecule has 1 aromatic heterocycles. The first-order chi connectivity index (χ1) is 11.2. The molecule has 0 aliphatic carbocycles. The van der Waals surface area contributed by atoms with E-state index in [9.17, 15) is 4.79 Å². The Morgan fingerprint density at radius 2 is 2.04 bits per heavy atom. The number of aryl methyl sites for hydroxylation is 1. The summed E-state index contributed by atoms with van der Waals surface area (Å²) in [5, 5.41) is 12.5. The van der Waals surface area contributed by atoms with Crippen LogP contribution in [0.4, 0.5) is 5.13 Å². The maximum absolute atomic E-state index is 12.0. The summed E-state index contributed by atoms with van der Waals surface area (Å²) in [5.74, 6) is 0.889.